The van der Waals surface area contributed by atoms with Crippen LogP contribution in [-0.4, -0.2) is 9.13 Å². The number of para-hydroxylation sites is 3. The molecule has 1 aliphatic carbocycles. The molecule has 0 atom stereocenters. The average molecular weight is 601 g/mol. The maximum atomic E-state index is 2.48. The first-order valence-corrected chi connectivity index (χ1v) is 16.4. The fraction of sp³-hybridized carbons (Fsp3) is 0.0667. The molecular formula is C45H32N2. The van der Waals surface area contributed by atoms with Gasteiger partial charge in [0.15, 0.2) is 0 Å². The summed E-state index contributed by atoms with van der Waals surface area (Å²) in [6, 6.07) is 58.1. The second-order valence-electron chi connectivity index (χ2n) is 13.4. The Balaban J connectivity index is 1.23. The van der Waals surface area contributed by atoms with E-state index in [1.165, 1.54) is 88.4 Å². The Kier molecular flexibility index (Phi) is 5.37. The van der Waals surface area contributed by atoms with E-state index in [1.54, 1.807) is 0 Å². The van der Waals surface area contributed by atoms with E-state index in [-0.39, 0.29) is 5.41 Å². The van der Waals surface area contributed by atoms with Crippen molar-refractivity contribution in [3.05, 3.63) is 169 Å². The molecule has 0 fully saturated rings. The smallest absolute Gasteiger partial charge is 0.0547 e. The van der Waals surface area contributed by atoms with Crippen LogP contribution in [0.3, 0.4) is 0 Å². The van der Waals surface area contributed by atoms with Crippen molar-refractivity contribution >= 4 is 43.6 Å². The Bertz CT molecular complexity index is 2690. The Morgan fingerprint density at radius 1 is 0.362 bits per heavy atom. The van der Waals surface area contributed by atoms with Crippen molar-refractivity contribution in [3.8, 4) is 33.6 Å². The summed E-state index contributed by atoms with van der Waals surface area (Å²) in [5.74, 6) is 0. The van der Waals surface area contributed by atoms with Crippen molar-refractivity contribution in [2.75, 3.05) is 0 Å². The third kappa shape index (κ3) is 3.67. The quantitative estimate of drug-likeness (QED) is 0.191. The Morgan fingerprint density at radius 2 is 0.872 bits per heavy atom. The van der Waals surface area contributed by atoms with Gasteiger partial charge in [-0.25, -0.2) is 0 Å². The van der Waals surface area contributed by atoms with E-state index in [4.69, 9.17) is 0 Å². The molecule has 0 amide bonds. The van der Waals surface area contributed by atoms with Gasteiger partial charge in [0, 0.05) is 38.3 Å². The Hall–Kier alpha value is -5.86. The Labute approximate surface area is 273 Å². The topological polar surface area (TPSA) is 9.86 Å². The monoisotopic (exact) mass is 600 g/mol. The summed E-state index contributed by atoms with van der Waals surface area (Å²) in [6.45, 7) is 4.73. The van der Waals surface area contributed by atoms with Crippen LogP contribution >= 0.6 is 0 Å². The molecule has 9 aromatic rings. The average Bonchev–Trinajstić information content (AvgIpc) is 3.71. The minimum Gasteiger partial charge on any atom is -0.309 e. The first-order valence-electron chi connectivity index (χ1n) is 16.4. The van der Waals surface area contributed by atoms with Crippen molar-refractivity contribution < 1.29 is 0 Å². The molecule has 0 N–H and O–H groups in total. The lowest BCUT2D eigenvalue weighted by molar-refractivity contribution is 0.661. The highest BCUT2D eigenvalue weighted by molar-refractivity contribution is 6.14. The molecule has 2 heterocycles. The minimum atomic E-state index is -0.0586. The lowest BCUT2D eigenvalue weighted by Crippen LogP contribution is -2.14. The molecule has 0 saturated carbocycles. The van der Waals surface area contributed by atoms with Gasteiger partial charge in [-0.05, 0) is 100 Å². The molecular weight excluding hydrogens is 569 g/mol. The van der Waals surface area contributed by atoms with Gasteiger partial charge in [0.05, 0.1) is 22.1 Å². The fourth-order valence-corrected chi connectivity index (χ4v) is 8.26. The van der Waals surface area contributed by atoms with Crippen molar-refractivity contribution in [1.82, 2.24) is 9.13 Å². The van der Waals surface area contributed by atoms with Gasteiger partial charge in [-0.1, -0.05) is 105 Å². The van der Waals surface area contributed by atoms with Crippen LogP contribution in [0.2, 0.25) is 0 Å². The van der Waals surface area contributed by atoms with Gasteiger partial charge in [-0.15, -0.1) is 0 Å². The third-order valence-corrected chi connectivity index (χ3v) is 10.5. The number of rotatable bonds is 3. The van der Waals surface area contributed by atoms with Crippen LogP contribution in [-0.2, 0) is 5.41 Å². The number of hydrogen-bond donors (Lipinski definition) is 0. The molecule has 0 bridgehead atoms. The van der Waals surface area contributed by atoms with E-state index < -0.39 is 0 Å². The van der Waals surface area contributed by atoms with Gasteiger partial charge in [-0.2, -0.15) is 0 Å². The molecule has 0 saturated heterocycles. The standard InChI is InChI=1S/C45H32N2/c1-45(2)39-19-11-9-17-33(39)35-28-44-38(27-40(35)45)37-26-30(22-24-43(37)47(44)32-15-7-4-8-16-32)29-21-23-42-36(25-29)34-18-10-12-20-41(34)46(42)31-13-5-3-6-14-31/h3-28H,1-2H3. The molecule has 2 nitrogen and oxygen atoms in total. The highest BCUT2D eigenvalue weighted by Crippen LogP contribution is 2.51. The normalized spacial score (nSPS) is 13.5. The molecule has 1 aliphatic rings. The number of hydrogen-bond acceptors (Lipinski definition) is 0. The zero-order valence-corrected chi connectivity index (χ0v) is 26.4. The lowest BCUT2D eigenvalue weighted by Gasteiger charge is -2.21. The van der Waals surface area contributed by atoms with Crippen LogP contribution in [0.1, 0.15) is 25.0 Å². The summed E-state index contributed by atoms with van der Waals surface area (Å²) in [5, 5.41) is 5.12. The molecule has 0 aliphatic heterocycles. The van der Waals surface area contributed by atoms with Crippen LogP contribution in [0, 0.1) is 0 Å². The number of fused-ring (bicyclic) bond motifs is 9. The molecule has 10 rings (SSSR count). The van der Waals surface area contributed by atoms with Gasteiger partial charge in [-0.3, -0.25) is 0 Å². The molecule has 47 heavy (non-hydrogen) atoms. The maximum absolute atomic E-state index is 2.48. The number of aromatic nitrogens is 2. The highest BCUT2D eigenvalue weighted by Gasteiger charge is 2.36. The maximum Gasteiger partial charge on any atom is 0.0547 e. The molecule has 0 unspecified atom stereocenters. The summed E-state index contributed by atoms with van der Waals surface area (Å²) >= 11 is 0. The first-order chi connectivity index (χ1) is 23.1. The minimum absolute atomic E-state index is 0.0586. The first kappa shape index (κ1) is 26.4. The molecule has 7 aromatic carbocycles. The van der Waals surface area contributed by atoms with E-state index >= 15 is 0 Å². The van der Waals surface area contributed by atoms with Gasteiger partial charge >= 0.3 is 0 Å². The fourth-order valence-electron chi connectivity index (χ4n) is 8.26. The highest BCUT2D eigenvalue weighted by atomic mass is 15.0. The van der Waals surface area contributed by atoms with Crippen molar-refractivity contribution in [2.45, 2.75) is 19.3 Å². The Morgan fingerprint density at radius 3 is 1.55 bits per heavy atom. The van der Waals surface area contributed by atoms with Crippen LogP contribution in [0.25, 0.3) is 77.2 Å². The number of nitrogens with zero attached hydrogens (tertiary/aromatic N) is 2. The molecule has 2 heteroatoms. The van der Waals surface area contributed by atoms with E-state index in [1.807, 2.05) is 0 Å². The van der Waals surface area contributed by atoms with E-state index in [2.05, 4.69) is 181 Å². The second-order valence-corrected chi connectivity index (χ2v) is 13.4. The third-order valence-electron chi connectivity index (χ3n) is 10.5. The summed E-state index contributed by atoms with van der Waals surface area (Å²) < 4.78 is 4.82. The summed E-state index contributed by atoms with van der Waals surface area (Å²) in [6.07, 6.45) is 0. The van der Waals surface area contributed by atoms with Gasteiger partial charge in [0.2, 0.25) is 0 Å². The predicted molar refractivity (Wildman–Crippen MR) is 198 cm³/mol. The van der Waals surface area contributed by atoms with Crippen LogP contribution < -0.4 is 0 Å². The predicted octanol–water partition coefficient (Wildman–Crippen LogP) is 11.9. The largest absolute Gasteiger partial charge is 0.309 e. The van der Waals surface area contributed by atoms with Crippen molar-refractivity contribution in [2.24, 2.45) is 0 Å². The van der Waals surface area contributed by atoms with Crippen LogP contribution in [0.5, 0.6) is 0 Å². The van der Waals surface area contributed by atoms with Gasteiger partial charge < -0.3 is 9.13 Å². The van der Waals surface area contributed by atoms with E-state index in [0.717, 1.165) is 0 Å². The molecule has 2 aromatic heterocycles. The van der Waals surface area contributed by atoms with Crippen molar-refractivity contribution in [3.63, 3.8) is 0 Å². The van der Waals surface area contributed by atoms with E-state index in [9.17, 15) is 0 Å². The van der Waals surface area contributed by atoms with Gasteiger partial charge in [0.25, 0.3) is 0 Å². The zero-order valence-electron chi connectivity index (χ0n) is 26.4. The van der Waals surface area contributed by atoms with Crippen LogP contribution in [0.4, 0.5) is 0 Å². The van der Waals surface area contributed by atoms with Crippen LogP contribution in [0.15, 0.2) is 158 Å². The zero-order chi connectivity index (χ0) is 31.3. The lowest BCUT2D eigenvalue weighted by atomic mass is 9.82. The number of benzene rings is 7. The van der Waals surface area contributed by atoms with Crippen molar-refractivity contribution in [1.29, 1.82) is 0 Å². The SMILES string of the molecule is CC1(C)c2ccccc2-c2cc3c(cc21)c1cc(-c2ccc4c(c2)c2ccccc2n4-c2ccccc2)ccc1n3-c1ccccc1. The second kappa shape index (κ2) is 9.57. The molecule has 0 radical (unpaired) electrons. The van der Waals surface area contributed by atoms with E-state index in [0.29, 0.717) is 0 Å². The summed E-state index contributed by atoms with van der Waals surface area (Å²) in [4.78, 5) is 0. The van der Waals surface area contributed by atoms with Gasteiger partial charge in [0.1, 0.15) is 0 Å². The summed E-state index contributed by atoms with van der Waals surface area (Å²) in [5.41, 5.74) is 15.2. The molecule has 0 spiro atoms. The summed E-state index contributed by atoms with van der Waals surface area (Å²) in [7, 11) is 0. The molecule has 222 valence electrons.